The molecule has 0 radical (unpaired) electrons. The predicted octanol–water partition coefficient (Wildman–Crippen LogP) is 2.50. The number of alkyl halides is 3. The Kier molecular flexibility index (Phi) is 4.88. The van der Waals surface area contributed by atoms with Crippen LogP contribution in [0.25, 0.3) is 0 Å². The monoisotopic (exact) mass is 282 g/mol. The molecule has 5 nitrogen and oxygen atoms in total. The van der Waals surface area contributed by atoms with Crippen LogP contribution in [0, 0.1) is 0 Å². The maximum Gasteiger partial charge on any atom is 0.445 e. The highest BCUT2D eigenvalue weighted by molar-refractivity contribution is 7.15. The second-order valence-corrected chi connectivity index (χ2v) is 4.49. The Morgan fingerprint density at radius 1 is 1.44 bits per heavy atom. The molecule has 0 saturated carbocycles. The van der Waals surface area contributed by atoms with E-state index < -0.39 is 17.2 Å². The SMILES string of the molecule is CCCCNC(=O)N(C)c1nnc(C(F)(F)F)s1. The number of halogens is 3. The van der Waals surface area contributed by atoms with Gasteiger partial charge >= 0.3 is 12.2 Å². The predicted molar refractivity (Wildman–Crippen MR) is 61.6 cm³/mol. The molecule has 0 fully saturated rings. The first-order valence-corrected chi connectivity index (χ1v) is 6.10. The van der Waals surface area contributed by atoms with Gasteiger partial charge in [0.25, 0.3) is 0 Å². The quantitative estimate of drug-likeness (QED) is 0.863. The Morgan fingerprint density at radius 2 is 2.11 bits per heavy atom. The molecule has 0 atom stereocenters. The van der Waals surface area contributed by atoms with Crippen molar-refractivity contribution in [2.45, 2.75) is 25.9 Å². The highest BCUT2D eigenvalue weighted by atomic mass is 32.1. The van der Waals surface area contributed by atoms with E-state index in [-0.39, 0.29) is 5.13 Å². The molecule has 0 aliphatic carbocycles. The summed E-state index contributed by atoms with van der Waals surface area (Å²) < 4.78 is 36.9. The number of amides is 2. The highest BCUT2D eigenvalue weighted by Crippen LogP contribution is 2.33. The van der Waals surface area contributed by atoms with Gasteiger partial charge < -0.3 is 5.32 Å². The van der Waals surface area contributed by atoms with Gasteiger partial charge in [0.1, 0.15) is 0 Å². The Hall–Kier alpha value is -1.38. The molecular formula is C9H13F3N4OS. The second-order valence-electron chi connectivity index (χ2n) is 3.53. The third-order valence-electron chi connectivity index (χ3n) is 2.05. The molecule has 0 unspecified atom stereocenters. The fourth-order valence-corrected chi connectivity index (χ4v) is 1.71. The van der Waals surface area contributed by atoms with Crippen LogP contribution in [-0.2, 0) is 6.18 Å². The third kappa shape index (κ3) is 3.83. The molecule has 1 N–H and O–H groups in total. The van der Waals surface area contributed by atoms with Crippen molar-refractivity contribution in [1.29, 1.82) is 0 Å². The summed E-state index contributed by atoms with van der Waals surface area (Å²) >= 11 is 0.333. The molecule has 18 heavy (non-hydrogen) atoms. The molecule has 0 bridgehead atoms. The number of rotatable bonds is 4. The summed E-state index contributed by atoms with van der Waals surface area (Å²) in [6.07, 6.45) is -2.81. The fourth-order valence-electron chi connectivity index (χ4n) is 1.04. The van der Waals surface area contributed by atoms with Gasteiger partial charge in [-0.1, -0.05) is 24.7 Å². The van der Waals surface area contributed by atoms with Crippen molar-refractivity contribution in [3.05, 3.63) is 5.01 Å². The van der Waals surface area contributed by atoms with Crippen molar-refractivity contribution < 1.29 is 18.0 Å². The first-order chi connectivity index (χ1) is 8.36. The topological polar surface area (TPSA) is 58.1 Å². The number of carbonyl (C=O) groups excluding carboxylic acids is 1. The number of hydrogen-bond acceptors (Lipinski definition) is 4. The molecule has 0 aliphatic rings. The third-order valence-corrected chi connectivity index (χ3v) is 3.10. The number of aromatic nitrogens is 2. The lowest BCUT2D eigenvalue weighted by Crippen LogP contribution is -2.37. The first kappa shape index (κ1) is 14.7. The minimum atomic E-state index is -4.53. The van der Waals surface area contributed by atoms with Gasteiger partial charge in [0.05, 0.1) is 0 Å². The lowest BCUT2D eigenvalue weighted by molar-refractivity contribution is -0.138. The Labute approximate surface area is 106 Å². The molecule has 0 spiro atoms. The molecule has 9 heteroatoms. The number of nitrogens with one attached hydrogen (secondary N) is 1. The van der Waals surface area contributed by atoms with Crippen LogP contribution in [0.4, 0.5) is 23.1 Å². The van der Waals surface area contributed by atoms with Gasteiger partial charge in [-0.3, -0.25) is 4.90 Å². The standard InChI is InChI=1S/C9H13F3N4OS/c1-3-4-5-13-7(17)16(2)8-15-14-6(18-8)9(10,11)12/h3-5H2,1-2H3,(H,13,17). The molecule has 1 aromatic heterocycles. The molecule has 1 rings (SSSR count). The van der Waals surface area contributed by atoms with Crippen molar-refractivity contribution >= 4 is 22.5 Å². The van der Waals surface area contributed by atoms with Crippen LogP contribution in [0.3, 0.4) is 0 Å². The van der Waals surface area contributed by atoms with Crippen LogP contribution in [0.1, 0.15) is 24.8 Å². The van der Waals surface area contributed by atoms with E-state index in [0.29, 0.717) is 17.9 Å². The van der Waals surface area contributed by atoms with Gasteiger partial charge in [0.15, 0.2) is 0 Å². The zero-order valence-corrected chi connectivity index (χ0v) is 10.7. The Morgan fingerprint density at radius 3 is 2.61 bits per heavy atom. The zero-order valence-electron chi connectivity index (χ0n) is 9.91. The van der Waals surface area contributed by atoms with E-state index in [4.69, 9.17) is 0 Å². The summed E-state index contributed by atoms with van der Waals surface area (Å²) in [6, 6.07) is -0.492. The van der Waals surface area contributed by atoms with E-state index in [1.54, 1.807) is 0 Å². The van der Waals surface area contributed by atoms with Crippen molar-refractivity contribution in [2.24, 2.45) is 0 Å². The minimum Gasteiger partial charge on any atom is -0.338 e. The highest BCUT2D eigenvalue weighted by Gasteiger charge is 2.36. The van der Waals surface area contributed by atoms with Gasteiger partial charge in [-0.2, -0.15) is 13.2 Å². The number of carbonyl (C=O) groups is 1. The molecule has 0 aromatic carbocycles. The normalized spacial score (nSPS) is 11.4. The van der Waals surface area contributed by atoms with Crippen LogP contribution < -0.4 is 10.2 Å². The largest absolute Gasteiger partial charge is 0.445 e. The van der Waals surface area contributed by atoms with E-state index in [1.807, 2.05) is 6.92 Å². The average Bonchev–Trinajstić information content (AvgIpc) is 2.77. The number of hydrogen-bond donors (Lipinski definition) is 1. The van der Waals surface area contributed by atoms with E-state index in [0.717, 1.165) is 17.7 Å². The summed E-state index contributed by atoms with van der Waals surface area (Å²) in [5.74, 6) is 0. The number of anilines is 1. The van der Waals surface area contributed by atoms with Gasteiger partial charge in [-0.15, -0.1) is 10.2 Å². The summed E-state index contributed by atoms with van der Waals surface area (Å²) in [7, 11) is 1.35. The second kappa shape index (κ2) is 5.98. The number of urea groups is 1. The van der Waals surface area contributed by atoms with Gasteiger partial charge in [-0.05, 0) is 6.42 Å². The van der Waals surface area contributed by atoms with Crippen LogP contribution in [0.5, 0.6) is 0 Å². The molecule has 0 aliphatic heterocycles. The minimum absolute atomic E-state index is 0.0867. The maximum atomic E-state index is 12.3. The molecular weight excluding hydrogens is 269 g/mol. The lowest BCUT2D eigenvalue weighted by atomic mass is 10.3. The van der Waals surface area contributed by atoms with Crippen LogP contribution in [-0.4, -0.2) is 29.8 Å². The van der Waals surface area contributed by atoms with E-state index in [2.05, 4.69) is 15.5 Å². The Balaban J connectivity index is 2.64. The molecule has 0 saturated heterocycles. The van der Waals surface area contributed by atoms with Gasteiger partial charge in [0, 0.05) is 13.6 Å². The summed E-state index contributed by atoms with van der Waals surface area (Å²) in [4.78, 5) is 12.6. The molecule has 102 valence electrons. The van der Waals surface area contributed by atoms with E-state index in [9.17, 15) is 18.0 Å². The van der Waals surface area contributed by atoms with Crippen molar-refractivity contribution in [3.8, 4) is 0 Å². The fraction of sp³-hybridized carbons (Fsp3) is 0.667. The van der Waals surface area contributed by atoms with Crippen molar-refractivity contribution in [1.82, 2.24) is 15.5 Å². The zero-order chi connectivity index (χ0) is 13.8. The molecule has 1 heterocycles. The lowest BCUT2D eigenvalue weighted by Gasteiger charge is -2.13. The van der Waals surface area contributed by atoms with Gasteiger partial charge in [0.2, 0.25) is 10.1 Å². The average molecular weight is 282 g/mol. The van der Waals surface area contributed by atoms with Crippen molar-refractivity contribution in [2.75, 3.05) is 18.5 Å². The first-order valence-electron chi connectivity index (χ1n) is 5.28. The summed E-state index contributed by atoms with van der Waals surface area (Å²) in [5.41, 5.74) is 0. The summed E-state index contributed by atoms with van der Waals surface area (Å²) in [5, 5.41) is 7.78. The maximum absolute atomic E-state index is 12.3. The van der Waals surface area contributed by atoms with E-state index in [1.165, 1.54) is 7.05 Å². The Bertz CT molecular complexity index is 407. The van der Waals surface area contributed by atoms with Crippen LogP contribution in [0.2, 0.25) is 0 Å². The van der Waals surface area contributed by atoms with Crippen LogP contribution >= 0.6 is 11.3 Å². The number of unbranched alkanes of at least 4 members (excludes halogenated alkanes) is 1. The van der Waals surface area contributed by atoms with E-state index >= 15 is 0 Å². The summed E-state index contributed by atoms with van der Waals surface area (Å²) in [6.45, 7) is 2.45. The number of nitrogens with zero attached hydrogens (tertiary/aromatic N) is 3. The van der Waals surface area contributed by atoms with Gasteiger partial charge in [-0.25, -0.2) is 4.79 Å². The smallest absolute Gasteiger partial charge is 0.338 e. The van der Waals surface area contributed by atoms with Crippen molar-refractivity contribution in [3.63, 3.8) is 0 Å². The molecule has 1 aromatic rings. The van der Waals surface area contributed by atoms with Crippen LogP contribution in [0.15, 0.2) is 0 Å². The molecule has 2 amide bonds.